The van der Waals surface area contributed by atoms with E-state index in [0.717, 1.165) is 38.5 Å². The molecule has 4 nitrogen and oxygen atoms in total. The Hall–Kier alpha value is -1.06. The molecule has 106 valence electrons. The van der Waals surface area contributed by atoms with Gasteiger partial charge in [-0.2, -0.15) is 0 Å². The van der Waals surface area contributed by atoms with Crippen LogP contribution in [0.5, 0.6) is 0 Å². The summed E-state index contributed by atoms with van der Waals surface area (Å²) in [6.45, 7) is 5.98. The minimum atomic E-state index is -0.658. The Labute approximate surface area is 114 Å². The Morgan fingerprint density at radius 3 is 2.26 bits per heavy atom. The summed E-state index contributed by atoms with van der Waals surface area (Å²) in [6.07, 6.45) is 5.85. The molecule has 0 bridgehead atoms. The minimum absolute atomic E-state index is 0.0905. The van der Waals surface area contributed by atoms with Crippen molar-refractivity contribution in [3.05, 3.63) is 0 Å². The second-order valence-corrected chi connectivity index (χ2v) is 6.94. The van der Waals surface area contributed by atoms with Crippen molar-refractivity contribution < 1.29 is 9.59 Å². The highest BCUT2D eigenvalue weighted by atomic mass is 16.2. The SMILES string of the molecule is CC(C)N1C(=O)C(C)(C2CC2)NC(=O)C12CCCC2. The second-order valence-electron chi connectivity index (χ2n) is 6.94. The number of carbonyl (C=O) groups excluding carboxylic acids is 2. The van der Waals surface area contributed by atoms with Crippen molar-refractivity contribution in [3.63, 3.8) is 0 Å². The third kappa shape index (κ3) is 1.65. The zero-order valence-corrected chi connectivity index (χ0v) is 12.2. The summed E-state index contributed by atoms with van der Waals surface area (Å²) in [5.41, 5.74) is -1.21. The van der Waals surface area contributed by atoms with Crippen LogP contribution in [0.3, 0.4) is 0 Å². The van der Waals surface area contributed by atoms with Gasteiger partial charge in [0.2, 0.25) is 11.8 Å². The molecule has 3 fully saturated rings. The highest BCUT2D eigenvalue weighted by Crippen LogP contribution is 2.47. The first-order chi connectivity index (χ1) is 8.92. The molecule has 1 heterocycles. The number of carbonyl (C=O) groups is 2. The molecule has 4 heteroatoms. The van der Waals surface area contributed by atoms with E-state index in [1.54, 1.807) is 0 Å². The molecule has 3 aliphatic rings. The minimum Gasteiger partial charge on any atom is -0.340 e. The molecule has 1 unspecified atom stereocenters. The van der Waals surface area contributed by atoms with Crippen LogP contribution in [0.4, 0.5) is 0 Å². The smallest absolute Gasteiger partial charge is 0.249 e. The standard InChI is InChI=1S/C15H24N2O2/c1-10(2)17-13(19)14(3,11-6-7-11)16-12(18)15(17)8-4-5-9-15/h10-11H,4-9H2,1-3H3,(H,16,18). The molecule has 0 aromatic rings. The molecular weight excluding hydrogens is 240 g/mol. The highest BCUT2D eigenvalue weighted by molar-refractivity contribution is 6.02. The maximum atomic E-state index is 13.0. The fraction of sp³-hybridized carbons (Fsp3) is 0.867. The first kappa shape index (κ1) is 12.9. The van der Waals surface area contributed by atoms with Crippen molar-refractivity contribution in [1.29, 1.82) is 0 Å². The van der Waals surface area contributed by atoms with Crippen molar-refractivity contribution >= 4 is 11.8 Å². The summed E-state index contributed by atoms with van der Waals surface area (Å²) in [4.78, 5) is 27.6. The fourth-order valence-electron chi connectivity index (χ4n) is 4.05. The van der Waals surface area contributed by atoms with E-state index in [4.69, 9.17) is 0 Å². The Kier molecular flexibility index (Phi) is 2.70. The quantitative estimate of drug-likeness (QED) is 0.827. The van der Waals surface area contributed by atoms with Crippen LogP contribution in [0.25, 0.3) is 0 Å². The molecule has 1 atom stereocenters. The largest absolute Gasteiger partial charge is 0.340 e. The molecule has 2 amide bonds. The van der Waals surface area contributed by atoms with Gasteiger partial charge in [0.05, 0.1) is 0 Å². The van der Waals surface area contributed by atoms with E-state index in [1.165, 1.54) is 0 Å². The first-order valence-electron chi connectivity index (χ1n) is 7.58. The summed E-state index contributed by atoms with van der Waals surface area (Å²) >= 11 is 0. The zero-order chi connectivity index (χ0) is 13.8. The molecule has 0 radical (unpaired) electrons. The number of hydrogen-bond acceptors (Lipinski definition) is 2. The molecule has 1 N–H and O–H groups in total. The van der Waals surface area contributed by atoms with E-state index in [-0.39, 0.29) is 17.9 Å². The molecule has 2 saturated carbocycles. The second kappa shape index (κ2) is 3.97. The van der Waals surface area contributed by atoms with Crippen LogP contribution in [0.1, 0.15) is 59.3 Å². The van der Waals surface area contributed by atoms with E-state index in [0.29, 0.717) is 5.92 Å². The van der Waals surface area contributed by atoms with Gasteiger partial charge < -0.3 is 10.2 Å². The van der Waals surface area contributed by atoms with Crippen LogP contribution >= 0.6 is 0 Å². The average molecular weight is 264 g/mol. The van der Waals surface area contributed by atoms with Gasteiger partial charge in [0.15, 0.2) is 0 Å². The van der Waals surface area contributed by atoms with Gasteiger partial charge in [-0.25, -0.2) is 0 Å². The molecular formula is C15H24N2O2. The lowest BCUT2D eigenvalue weighted by atomic mass is 9.81. The van der Waals surface area contributed by atoms with Crippen LogP contribution in [0, 0.1) is 5.92 Å². The lowest BCUT2D eigenvalue weighted by Crippen LogP contribution is -2.76. The average Bonchev–Trinajstić information content (AvgIpc) is 3.08. The third-order valence-electron chi connectivity index (χ3n) is 5.26. The Balaban J connectivity index is 2.01. The lowest BCUT2D eigenvalue weighted by molar-refractivity contribution is -0.166. The van der Waals surface area contributed by atoms with Crippen LogP contribution in [0.2, 0.25) is 0 Å². The van der Waals surface area contributed by atoms with Gasteiger partial charge in [-0.1, -0.05) is 12.8 Å². The maximum absolute atomic E-state index is 13.0. The van der Waals surface area contributed by atoms with Crippen LogP contribution in [-0.2, 0) is 9.59 Å². The zero-order valence-electron chi connectivity index (χ0n) is 12.2. The molecule has 19 heavy (non-hydrogen) atoms. The number of nitrogens with one attached hydrogen (secondary N) is 1. The van der Waals surface area contributed by atoms with Gasteiger partial charge in [-0.05, 0) is 52.4 Å². The topological polar surface area (TPSA) is 49.4 Å². The van der Waals surface area contributed by atoms with Gasteiger partial charge in [0.1, 0.15) is 11.1 Å². The lowest BCUT2D eigenvalue weighted by Gasteiger charge is -2.52. The van der Waals surface area contributed by atoms with Crippen LogP contribution in [0.15, 0.2) is 0 Å². The summed E-state index contributed by atoms with van der Waals surface area (Å²) in [5.74, 6) is 0.572. The van der Waals surface area contributed by atoms with E-state index < -0.39 is 11.1 Å². The molecule has 2 aliphatic carbocycles. The first-order valence-corrected chi connectivity index (χ1v) is 7.58. The predicted octanol–water partition coefficient (Wildman–Crippen LogP) is 1.83. The van der Waals surface area contributed by atoms with E-state index in [2.05, 4.69) is 5.32 Å². The number of hydrogen-bond donors (Lipinski definition) is 1. The Bertz CT molecular complexity index is 422. The van der Waals surface area contributed by atoms with Crippen LogP contribution < -0.4 is 5.32 Å². The highest BCUT2D eigenvalue weighted by Gasteiger charge is 2.61. The third-order valence-corrected chi connectivity index (χ3v) is 5.26. The van der Waals surface area contributed by atoms with Crippen molar-refractivity contribution in [2.24, 2.45) is 5.92 Å². The van der Waals surface area contributed by atoms with Crippen LogP contribution in [-0.4, -0.2) is 33.8 Å². The van der Waals surface area contributed by atoms with Crippen molar-refractivity contribution in [1.82, 2.24) is 10.2 Å². The van der Waals surface area contributed by atoms with Gasteiger partial charge in [-0.15, -0.1) is 0 Å². The van der Waals surface area contributed by atoms with E-state index in [9.17, 15) is 9.59 Å². The molecule has 1 spiro atoms. The Morgan fingerprint density at radius 2 is 1.79 bits per heavy atom. The Morgan fingerprint density at radius 1 is 1.21 bits per heavy atom. The molecule has 1 aliphatic heterocycles. The van der Waals surface area contributed by atoms with E-state index in [1.807, 2.05) is 25.7 Å². The van der Waals surface area contributed by atoms with Gasteiger partial charge in [-0.3, -0.25) is 9.59 Å². The summed E-state index contributed by atoms with van der Waals surface area (Å²) in [6, 6.07) is 0.0923. The monoisotopic (exact) mass is 264 g/mol. The maximum Gasteiger partial charge on any atom is 0.249 e. The summed E-state index contributed by atoms with van der Waals surface area (Å²) < 4.78 is 0. The van der Waals surface area contributed by atoms with Crippen molar-refractivity contribution in [3.8, 4) is 0 Å². The number of amides is 2. The normalized spacial score (nSPS) is 34.2. The van der Waals surface area contributed by atoms with Gasteiger partial charge in [0, 0.05) is 6.04 Å². The molecule has 0 aromatic heterocycles. The van der Waals surface area contributed by atoms with Crippen molar-refractivity contribution in [2.45, 2.75) is 76.4 Å². The number of piperazine rings is 1. The molecule has 3 rings (SSSR count). The molecule has 1 saturated heterocycles. The predicted molar refractivity (Wildman–Crippen MR) is 72.5 cm³/mol. The number of nitrogens with zero attached hydrogens (tertiary/aromatic N) is 1. The molecule has 0 aromatic carbocycles. The summed E-state index contributed by atoms with van der Waals surface area (Å²) in [5, 5.41) is 3.09. The van der Waals surface area contributed by atoms with E-state index >= 15 is 0 Å². The fourth-order valence-corrected chi connectivity index (χ4v) is 4.05. The van der Waals surface area contributed by atoms with Crippen molar-refractivity contribution in [2.75, 3.05) is 0 Å². The van der Waals surface area contributed by atoms with Gasteiger partial charge in [0.25, 0.3) is 0 Å². The number of rotatable bonds is 2. The van der Waals surface area contributed by atoms with Gasteiger partial charge >= 0.3 is 0 Å². The summed E-state index contributed by atoms with van der Waals surface area (Å²) in [7, 11) is 0.